The van der Waals surface area contributed by atoms with Crippen LogP contribution in [-0.4, -0.2) is 10.7 Å². The molecule has 6 aromatic carbocycles. The highest BCUT2D eigenvalue weighted by molar-refractivity contribution is 5.86. The monoisotopic (exact) mass is 639 g/mol. The van der Waals surface area contributed by atoms with Crippen LogP contribution in [0.5, 0.6) is 0 Å². The van der Waals surface area contributed by atoms with Gasteiger partial charge in [-0.15, -0.1) is 0 Å². The number of rotatable bonds is 6. The van der Waals surface area contributed by atoms with Crippen LogP contribution in [-0.2, 0) is 12.6 Å². The van der Waals surface area contributed by atoms with Gasteiger partial charge in [-0.2, -0.15) is 4.57 Å². The van der Waals surface area contributed by atoms with Crippen molar-refractivity contribution in [3.05, 3.63) is 174 Å². The van der Waals surface area contributed by atoms with Crippen LogP contribution < -0.4 is 14.4 Å². The summed E-state index contributed by atoms with van der Waals surface area (Å²) in [7, 11) is 2.25. The predicted octanol–water partition coefficient (Wildman–Crippen LogP) is 10.3. The second kappa shape index (κ2) is 11.8. The summed E-state index contributed by atoms with van der Waals surface area (Å²) < 4.78 is 4.99. The van der Waals surface area contributed by atoms with Crippen molar-refractivity contribution in [2.24, 2.45) is 7.05 Å². The molecule has 1 aliphatic heterocycles. The van der Waals surface area contributed by atoms with E-state index in [1.165, 1.54) is 73.0 Å². The Morgan fingerprint density at radius 2 is 1.20 bits per heavy atom. The first-order valence-electron chi connectivity index (χ1n) is 17.3. The molecule has 0 saturated carbocycles. The minimum Gasteiger partial charge on any atom is -0.329 e. The highest BCUT2D eigenvalue weighted by atomic mass is 15.5. The van der Waals surface area contributed by atoms with E-state index in [0.717, 1.165) is 0 Å². The molecule has 0 saturated heterocycles. The van der Waals surface area contributed by atoms with Gasteiger partial charge in [0.1, 0.15) is 11.9 Å². The predicted molar refractivity (Wildman–Crippen MR) is 204 cm³/mol. The van der Waals surface area contributed by atoms with Crippen molar-refractivity contribution in [3.63, 3.8) is 0 Å². The Hall–Kier alpha value is -5.61. The lowest BCUT2D eigenvalue weighted by Gasteiger charge is -2.43. The van der Waals surface area contributed by atoms with E-state index in [-0.39, 0.29) is 6.17 Å². The number of fused-ring (bicyclic) bond motifs is 2. The van der Waals surface area contributed by atoms with Crippen LogP contribution in [0.15, 0.2) is 146 Å². The molecule has 7 aromatic rings. The Bertz CT molecular complexity index is 2300. The fourth-order valence-electron chi connectivity index (χ4n) is 8.64. The molecule has 2 heterocycles. The van der Waals surface area contributed by atoms with Gasteiger partial charge >= 0.3 is 0 Å². The quantitative estimate of drug-likeness (QED) is 0.168. The maximum atomic E-state index is 2.67. The van der Waals surface area contributed by atoms with Crippen LogP contribution in [0.2, 0.25) is 0 Å². The van der Waals surface area contributed by atoms with Crippen LogP contribution >= 0.6 is 0 Å². The van der Waals surface area contributed by atoms with E-state index in [2.05, 4.69) is 206 Å². The summed E-state index contributed by atoms with van der Waals surface area (Å²) in [6.45, 7) is 11.6. The van der Waals surface area contributed by atoms with Crippen molar-refractivity contribution < 1.29 is 4.57 Å². The summed E-state index contributed by atoms with van der Waals surface area (Å²) in [5, 5.41) is 0. The van der Waals surface area contributed by atoms with E-state index in [0.29, 0.717) is 0 Å². The third-order valence-corrected chi connectivity index (χ3v) is 10.7. The molecule has 8 rings (SSSR count). The van der Waals surface area contributed by atoms with E-state index < -0.39 is 5.54 Å². The number of hydrogen-bond donors (Lipinski definition) is 0. The maximum absolute atomic E-state index is 2.67. The van der Waals surface area contributed by atoms with Crippen LogP contribution in [0, 0.1) is 20.8 Å². The first-order valence-corrected chi connectivity index (χ1v) is 17.3. The summed E-state index contributed by atoms with van der Waals surface area (Å²) in [6.07, 6.45) is -0.00555. The zero-order valence-electron chi connectivity index (χ0n) is 29.2. The van der Waals surface area contributed by atoms with Crippen LogP contribution in [0.1, 0.15) is 41.9 Å². The summed E-state index contributed by atoms with van der Waals surface area (Å²) in [6, 6.07) is 52.9. The standard InChI is InChI=1S/C45H43N4/c1-31-19-17-20-32(2)43(31)48-40-28-14-13-27-39(40)46(6)44(48)45(5,38-26-18-25-37(33(38)3)35-21-9-7-10-22-35)49-34(4)47(36-23-11-8-12-24-36)41-29-15-16-30-42(41)49/h7-30,34H,1-6H3/q+1/t34-,45?/m0/s1. The molecule has 0 aliphatic carbocycles. The molecule has 0 amide bonds. The van der Waals surface area contributed by atoms with Crippen LogP contribution in [0.3, 0.4) is 0 Å². The number of nitrogens with zero attached hydrogens (tertiary/aromatic N) is 4. The molecule has 0 fully saturated rings. The summed E-state index contributed by atoms with van der Waals surface area (Å²) >= 11 is 0. The maximum Gasteiger partial charge on any atom is 0.293 e. The van der Waals surface area contributed by atoms with Gasteiger partial charge in [-0.05, 0) is 104 Å². The van der Waals surface area contributed by atoms with Gasteiger partial charge in [0.05, 0.1) is 18.4 Å². The molecule has 1 aliphatic rings. The summed E-state index contributed by atoms with van der Waals surface area (Å²) in [5.41, 5.74) is 14.1. The molecule has 2 atom stereocenters. The Kier molecular flexibility index (Phi) is 7.41. The lowest BCUT2D eigenvalue weighted by atomic mass is 9.82. The summed E-state index contributed by atoms with van der Waals surface area (Å²) in [4.78, 5) is 5.17. The van der Waals surface area contributed by atoms with E-state index in [1.54, 1.807) is 0 Å². The molecule has 4 heteroatoms. The molecule has 242 valence electrons. The molecule has 1 aromatic heterocycles. The van der Waals surface area contributed by atoms with E-state index in [4.69, 9.17) is 0 Å². The normalized spacial score (nSPS) is 15.4. The van der Waals surface area contributed by atoms with Gasteiger partial charge < -0.3 is 9.80 Å². The molecular weight excluding hydrogens is 597 g/mol. The fourth-order valence-corrected chi connectivity index (χ4v) is 8.64. The highest BCUT2D eigenvalue weighted by Crippen LogP contribution is 2.52. The van der Waals surface area contributed by atoms with Gasteiger partial charge in [-0.3, -0.25) is 0 Å². The lowest BCUT2D eigenvalue weighted by molar-refractivity contribution is -0.657. The molecule has 0 radical (unpaired) electrons. The summed E-state index contributed by atoms with van der Waals surface area (Å²) in [5.74, 6) is 1.20. The zero-order valence-corrected chi connectivity index (χ0v) is 29.2. The minimum absolute atomic E-state index is 0.00555. The van der Waals surface area contributed by atoms with Crippen LogP contribution in [0.25, 0.3) is 27.8 Å². The smallest absolute Gasteiger partial charge is 0.293 e. The molecule has 0 N–H and O–H groups in total. The third kappa shape index (κ3) is 4.62. The first-order chi connectivity index (χ1) is 23.8. The largest absolute Gasteiger partial charge is 0.329 e. The minimum atomic E-state index is -0.642. The average Bonchev–Trinajstić information content (AvgIpc) is 3.59. The SMILES string of the molecule is Cc1cccc(C)c1-n1c(C(C)(c2cccc(-c3ccccc3)c2C)N2c3ccccc3N(c3ccccc3)[C@@H]2C)[n+](C)c2ccccc21. The first kappa shape index (κ1) is 30.7. The Balaban J connectivity index is 1.52. The molecular formula is C45H43N4+. The van der Waals surface area contributed by atoms with Crippen molar-refractivity contribution in [2.75, 3.05) is 9.80 Å². The van der Waals surface area contributed by atoms with Crippen molar-refractivity contribution >= 4 is 28.1 Å². The number of imidazole rings is 1. The van der Waals surface area contributed by atoms with Crippen molar-refractivity contribution in [3.8, 4) is 16.8 Å². The molecule has 0 spiro atoms. The van der Waals surface area contributed by atoms with E-state index in [9.17, 15) is 0 Å². The second-order valence-electron chi connectivity index (χ2n) is 13.6. The Morgan fingerprint density at radius 3 is 1.92 bits per heavy atom. The van der Waals surface area contributed by atoms with E-state index in [1.807, 2.05) is 0 Å². The Morgan fingerprint density at radius 1 is 0.612 bits per heavy atom. The average molecular weight is 640 g/mol. The van der Waals surface area contributed by atoms with Gasteiger partial charge in [-0.25, -0.2) is 4.57 Å². The molecule has 4 nitrogen and oxygen atoms in total. The van der Waals surface area contributed by atoms with Gasteiger partial charge in [0.25, 0.3) is 5.82 Å². The highest BCUT2D eigenvalue weighted by Gasteiger charge is 2.54. The molecule has 49 heavy (non-hydrogen) atoms. The Labute approximate surface area is 290 Å². The van der Waals surface area contributed by atoms with Gasteiger partial charge in [0, 0.05) is 5.69 Å². The second-order valence-corrected chi connectivity index (χ2v) is 13.6. The number of para-hydroxylation sites is 6. The number of aromatic nitrogens is 2. The molecule has 0 bridgehead atoms. The van der Waals surface area contributed by atoms with Gasteiger partial charge in [0.15, 0.2) is 16.6 Å². The van der Waals surface area contributed by atoms with Crippen molar-refractivity contribution in [1.82, 2.24) is 4.57 Å². The van der Waals surface area contributed by atoms with E-state index >= 15 is 0 Å². The zero-order chi connectivity index (χ0) is 33.9. The fraction of sp³-hybridized carbons (Fsp3) is 0.178. The topological polar surface area (TPSA) is 15.3 Å². The number of aryl methyl sites for hydroxylation is 3. The number of hydrogen-bond acceptors (Lipinski definition) is 2. The van der Waals surface area contributed by atoms with Gasteiger partial charge in [-0.1, -0.05) is 109 Å². The third-order valence-electron chi connectivity index (χ3n) is 10.7. The van der Waals surface area contributed by atoms with Crippen molar-refractivity contribution in [1.29, 1.82) is 0 Å². The number of anilines is 3. The van der Waals surface area contributed by atoms with Gasteiger partial charge in [0.2, 0.25) is 0 Å². The van der Waals surface area contributed by atoms with Crippen LogP contribution in [0.4, 0.5) is 17.1 Å². The lowest BCUT2D eigenvalue weighted by Crippen LogP contribution is -2.57. The number of benzene rings is 6. The molecule has 1 unspecified atom stereocenters. The van der Waals surface area contributed by atoms with Crippen molar-refractivity contribution in [2.45, 2.75) is 46.3 Å².